The first-order valence-corrected chi connectivity index (χ1v) is 7.64. The minimum atomic E-state index is 0.538. The number of aromatic nitrogens is 2. The van der Waals surface area contributed by atoms with Crippen molar-refractivity contribution in [2.45, 2.75) is 4.90 Å². The van der Waals surface area contributed by atoms with Crippen molar-refractivity contribution in [3.63, 3.8) is 0 Å². The first-order valence-electron chi connectivity index (χ1n) is 6.42. The monoisotopic (exact) mass is 298 g/mol. The number of nitrogens with zero attached hydrogens (tertiary/aromatic N) is 2. The Bertz CT molecular complexity index is 760. The molecular formula is C16H14N2O2S. The Morgan fingerprint density at radius 3 is 2.52 bits per heavy atom. The maximum absolute atomic E-state index is 5.93. The largest absolute Gasteiger partial charge is 0.481 e. The van der Waals surface area contributed by atoms with Crippen LogP contribution in [0.4, 0.5) is 0 Å². The highest BCUT2D eigenvalue weighted by atomic mass is 32.2. The van der Waals surface area contributed by atoms with E-state index in [1.54, 1.807) is 31.1 Å². The van der Waals surface area contributed by atoms with Crippen LogP contribution in [0.3, 0.4) is 0 Å². The fraction of sp³-hybridized carbons (Fsp3) is 0.125. The van der Waals surface area contributed by atoms with Gasteiger partial charge < -0.3 is 9.47 Å². The van der Waals surface area contributed by atoms with Gasteiger partial charge in [0.15, 0.2) is 5.65 Å². The van der Waals surface area contributed by atoms with Crippen LogP contribution >= 0.6 is 11.8 Å². The average molecular weight is 298 g/mol. The van der Waals surface area contributed by atoms with E-state index >= 15 is 0 Å². The van der Waals surface area contributed by atoms with Crippen molar-refractivity contribution in [3.05, 3.63) is 48.7 Å². The molecule has 0 aliphatic rings. The Morgan fingerprint density at radius 2 is 1.81 bits per heavy atom. The molecule has 21 heavy (non-hydrogen) atoms. The second-order valence-electron chi connectivity index (χ2n) is 4.31. The third-order valence-corrected chi connectivity index (χ3v) is 3.78. The van der Waals surface area contributed by atoms with Crippen LogP contribution in [0.15, 0.2) is 53.6 Å². The highest BCUT2D eigenvalue weighted by Gasteiger charge is 2.07. The molecule has 0 saturated heterocycles. The standard InChI is InChI=1S/C16H14N2O2S/c1-19-15-8-7-13-14(9-10-17-16(13)18-15)20-11-3-5-12(21-2)6-4-11/h3-10H,1-2H3. The Labute approximate surface area is 127 Å². The Morgan fingerprint density at radius 1 is 1.00 bits per heavy atom. The number of ether oxygens (including phenoxy) is 2. The fourth-order valence-electron chi connectivity index (χ4n) is 1.96. The lowest BCUT2D eigenvalue weighted by atomic mass is 10.2. The van der Waals surface area contributed by atoms with Gasteiger partial charge >= 0.3 is 0 Å². The minimum absolute atomic E-state index is 0.538. The number of fused-ring (bicyclic) bond motifs is 1. The summed E-state index contributed by atoms with van der Waals surface area (Å²) in [7, 11) is 1.59. The molecule has 0 amide bonds. The summed E-state index contributed by atoms with van der Waals surface area (Å²) in [6, 6.07) is 13.5. The van der Waals surface area contributed by atoms with E-state index in [-0.39, 0.29) is 0 Å². The fourth-order valence-corrected chi connectivity index (χ4v) is 2.37. The van der Waals surface area contributed by atoms with Gasteiger partial charge in [0.05, 0.1) is 12.5 Å². The summed E-state index contributed by atoms with van der Waals surface area (Å²) in [5.41, 5.74) is 0.604. The first-order chi connectivity index (χ1) is 10.3. The van der Waals surface area contributed by atoms with Crippen molar-refractivity contribution in [1.82, 2.24) is 9.97 Å². The van der Waals surface area contributed by atoms with Crippen LogP contribution < -0.4 is 9.47 Å². The van der Waals surface area contributed by atoms with E-state index in [4.69, 9.17) is 9.47 Å². The van der Waals surface area contributed by atoms with Crippen molar-refractivity contribution in [2.75, 3.05) is 13.4 Å². The van der Waals surface area contributed by atoms with Crippen molar-refractivity contribution in [2.24, 2.45) is 0 Å². The molecule has 0 saturated carbocycles. The third kappa shape index (κ3) is 2.92. The van der Waals surface area contributed by atoms with Gasteiger partial charge in [0.2, 0.25) is 5.88 Å². The van der Waals surface area contributed by atoms with Crippen LogP contribution in [0.1, 0.15) is 0 Å². The SMILES string of the molecule is COc1ccc2c(Oc3ccc(SC)cc3)ccnc2n1. The maximum Gasteiger partial charge on any atom is 0.215 e. The molecule has 3 aromatic rings. The van der Waals surface area contributed by atoms with Crippen molar-refractivity contribution in [3.8, 4) is 17.4 Å². The van der Waals surface area contributed by atoms with Gasteiger partial charge in [-0.3, -0.25) is 0 Å². The molecule has 4 nitrogen and oxygen atoms in total. The minimum Gasteiger partial charge on any atom is -0.481 e. The number of pyridine rings is 2. The van der Waals surface area contributed by atoms with Crippen molar-refractivity contribution in [1.29, 1.82) is 0 Å². The number of rotatable bonds is 4. The van der Waals surface area contributed by atoms with Gasteiger partial charge in [-0.2, -0.15) is 4.98 Å². The molecule has 0 bridgehead atoms. The van der Waals surface area contributed by atoms with Crippen molar-refractivity contribution < 1.29 is 9.47 Å². The summed E-state index contributed by atoms with van der Waals surface area (Å²) in [5.74, 6) is 2.06. The lowest BCUT2D eigenvalue weighted by molar-refractivity contribution is 0.399. The average Bonchev–Trinajstić information content (AvgIpc) is 2.55. The summed E-state index contributed by atoms with van der Waals surface area (Å²) >= 11 is 1.70. The number of hydrogen-bond donors (Lipinski definition) is 0. The molecule has 0 spiro atoms. The smallest absolute Gasteiger partial charge is 0.215 e. The Kier molecular flexibility index (Phi) is 3.92. The molecule has 106 valence electrons. The van der Waals surface area contributed by atoms with Crippen LogP contribution in [0, 0.1) is 0 Å². The van der Waals surface area contributed by atoms with E-state index in [9.17, 15) is 0 Å². The normalized spacial score (nSPS) is 10.6. The summed E-state index contributed by atoms with van der Waals surface area (Å²) < 4.78 is 11.0. The van der Waals surface area contributed by atoms with Gasteiger partial charge in [-0.15, -0.1) is 11.8 Å². The second-order valence-corrected chi connectivity index (χ2v) is 5.19. The molecule has 0 aliphatic heterocycles. The molecule has 3 rings (SSSR count). The van der Waals surface area contributed by atoms with Crippen LogP contribution in [0.5, 0.6) is 17.4 Å². The topological polar surface area (TPSA) is 44.2 Å². The summed E-state index contributed by atoms with van der Waals surface area (Å²) in [5, 5.41) is 0.854. The van der Waals surface area contributed by atoms with E-state index in [1.807, 2.05) is 42.7 Å². The number of benzene rings is 1. The van der Waals surface area contributed by atoms with Crippen LogP contribution in [-0.4, -0.2) is 23.3 Å². The summed E-state index contributed by atoms with van der Waals surface area (Å²) in [6.07, 6.45) is 3.73. The summed E-state index contributed by atoms with van der Waals surface area (Å²) in [4.78, 5) is 9.75. The van der Waals surface area contributed by atoms with Gasteiger partial charge in [0, 0.05) is 17.2 Å². The lowest BCUT2D eigenvalue weighted by Gasteiger charge is -2.09. The Balaban J connectivity index is 1.95. The molecule has 5 heteroatoms. The lowest BCUT2D eigenvalue weighted by Crippen LogP contribution is -1.92. The highest BCUT2D eigenvalue weighted by molar-refractivity contribution is 7.98. The van der Waals surface area contributed by atoms with Gasteiger partial charge in [0.1, 0.15) is 11.5 Å². The summed E-state index contributed by atoms with van der Waals surface area (Å²) in [6.45, 7) is 0. The molecule has 0 radical (unpaired) electrons. The zero-order chi connectivity index (χ0) is 14.7. The Hall–Kier alpha value is -2.27. The second kappa shape index (κ2) is 6.01. The van der Waals surface area contributed by atoms with Crippen LogP contribution in [-0.2, 0) is 0 Å². The zero-order valence-electron chi connectivity index (χ0n) is 11.7. The molecular weight excluding hydrogens is 284 g/mol. The molecule has 0 aliphatic carbocycles. The number of hydrogen-bond acceptors (Lipinski definition) is 5. The van der Waals surface area contributed by atoms with E-state index in [1.165, 1.54) is 4.90 Å². The number of thioether (sulfide) groups is 1. The van der Waals surface area contributed by atoms with Gasteiger partial charge in [-0.1, -0.05) is 0 Å². The quantitative estimate of drug-likeness (QED) is 0.677. The van der Waals surface area contributed by atoms with Crippen LogP contribution in [0.25, 0.3) is 11.0 Å². The first kappa shape index (κ1) is 13.7. The molecule has 0 N–H and O–H groups in total. The molecule has 0 fully saturated rings. The predicted octanol–water partition coefficient (Wildman–Crippen LogP) is 4.15. The molecule has 2 aromatic heterocycles. The molecule has 0 atom stereocenters. The number of methoxy groups -OCH3 is 1. The molecule has 1 aromatic carbocycles. The van der Waals surface area contributed by atoms with Gasteiger partial charge in [-0.25, -0.2) is 4.98 Å². The van der Waals surface area contributed by atoms with E-state index in [0.29, 0.717) is 11.5 Å². The molecule has 0 unspecified atom stereocenters. The van der Waals surface area contributed by atoms with Crippen LogP contribution in [0.2, 0.25) is 0 Å². The van der Waals surface area contributed by atoms with Gasteiger partial charge in [-0.05, 0) is 42.7 Å². The van der Waals surface area contributed by atoms with E-state index in [2.05, 4.69) is 9.97 Å². The van der Waals surface area contributed by atoms with E-state index in [0.717, 1.165) is 16.9 Å². The zero-order valence-corrected chi connectivity index (χ0v) is 12.6. The van der Waals surface area contributed by atoms with Crippen molar-refractivity contribution >= 4 is 22.8 Å². The van der Waals surface area contributed by atoms with E-state index < -0.39 is 0 Å². The predicted molar refractivity (Wildman–Crippen MR) is 84.4 cm³/mol. The third-order valence-electron chi connectivity index (χ3n) is 3.03. The van der Waals surface area contributed by atoms with Gasteiger partial charge in [0.25, 0.3) is 0 Å². The maximum atomic E-state index is 5.93. The highest BCUT2D eigenvalue weighted by Crippen LogP contribution is 2.30. The molecule has 2 heterocycles.